The minimum atomic E-state index is -0.0429. The smallest absolute Gasteiger partial charge is 0.0940 e. The molecule has 0 bridgehead atoms. The molecule has 92 valence electrons. The zero-order valence-electron chi connectivity index (χ0n) is 10.5. The first-order chi connectivity index (χ1) is 7.59. The molecule has 1 rings (SSSR count). The van der Waals surface area contributed by atoms with Gasteiger partial charge in [0.05, 0.1) is 5.01 Å². The van der Waals surface area contributed by atoms with Crippen molar-refractivity contribution in [1.82, 2.24) is 10.3 Å². The summed E-state index contributed by atoms with van der Waals surface area (Å²) in [5.41, 5.74) is 7.28. The molecule has 0 radical (unpaired) electrons. The topological polar surface area (TPSA) is 50.9 Å². The lowest BCUT2D eigenvalue weighted by molar-refractivity contribution is 0.371. The second-order valence-electron chi connectivity index (χ2n) is 4.38. The van der Waals surface area contributed by atoms with Gasteiger partial charge in [0.1, 0.15) is 0 Å². The van der Waals surface area contributed by atoms with Crippen molar-refractivity contribution in [3.8, 4) is 0 Å². The number of aromatic nitrogens is 1. The molecule has 1 aromatic rings. The molecule has 0 unspecified atom stereocenters. The Labute approximate surface area is 102 Å². The van der Waals surface area contributed by atoms with E-state index in [0.29, 0.717) is 0 Å². The summed E-state index contributed by atoms with van der Waals surface area (Å²) in [5.74, 6) is 0. The lowest BCUT2D eigenvalue weighted by Gasteiger charge is -2.26. The number of nitrogens with one attached hydrogen (secondary N) is 1. The van der Waals surface area contributed by atoms with Crippen LogP contribution in [0.5, 0.6) is 0 Å². The molecule has 16 heavy (non-hydrogen) atoms. The highest BCUT2D eigenvalue weighted by atomic mass is 32.1. The molecule has 0 spiro atoms. The molecule has 3 N–H and O–H groups in total. The van der Waals surface area contributed by atoms with E-state index in [4.69, 9.17) is 5.73 Å². The molecule has 1 aromatic heterocycles. The average molecular weight is 241 g/mol. The summed E-state index contributed by atoms with van der Waals surface area (Å²) >= 11 is 1.74. The lowest BCUT2D eigenvalue weighted by Crippen LogP contribution is -2.48. The van der Waals surface area contributed by atoms with Crippen molar-refractivity contribution in [3.05, 3.63) is 16.1 Å². The molecule has 0 aromatic carbocycles. The zero-order chi connectivity index (χ0) is 12.0. The van der Waals surface area contributed by atoms with E-state index >= 15 is 0 Å². The summed E-state index contributed by atoms with van der Waals surface area (Å²) in [6, 6.07) is 0. The van der Waals surface area contributed by atoms with Gasteiger partial charge in [-0.05, 0) is 19.8 Å². The van der Waals surface area contributed by atoms with Crippen LogP contribution in [0.1, 0.15) is 37.4 Å². The molecular weight excluding hydrogens is 218 g/mol. The van der Waals surface area contributed by atoms with Gasteiger partial charge in [-0.25, -0.2) is 4.98 Å². The van der Waals surface area contributed by atoms with Crippen LogP contribution in [0, 0.1) is 6.92 Å². The van der Waals surface area contributed by atoms with Crippen molar-refractivity contribution in [3.63, 3.8) is 0 Å². The molecule has 0 fully saturated rings. The summed E-state index contributed by atoms with van der Waals surface area (Å²) in [7, 11) is 0. The summed E-state index contributed by atoms with van der Waals surface area (Å²) in [6.07, 6.45) is 3.04. The first kappa shape index (κ1) is 13.6. The van der Waals surface area contributed by atoms with Gasteiger partial charge < -0.3 is 11.1 Å². The van der Waals surface area contributed by atoms with Gasteiger partial charge >= 0.3 is 0 Å². The molecule has 0 saturated carbocycles. The van der Waals surface area contributed by atoms with Gasteiger partial charge in [0.15, 0.2) is 0 Å². The fraction of sp³-hybridized carbons (Fsp3) is 0.750. The third kappa shape index (κ3) is 4.20. The maximum absolute atomic E-state index is 6.20. The van der Waals surface area contributed by atoms with Gasteiger partial charge in [-0.1, -0.05) is 13.8 Å². The lowest BCUT2D eigenvalue weighted by atomic mass is 9.94. The largest absolute Gasteiger partial charge is 0.324 e. The number of hydrogen-bond acceptors (Lipinski definition) is 4. The molecule has 0 aliphatic heterocycles. The van der Waals surface area contributed by atoms with Crippen molar-refractivity contribution in [2.24, 2.45) is 5.73 Å². The van der Waals surface area contributed by atoms with Crippen LogP contribution in [0.4, 0.5) is 0 Å². The van der Waals surface area contributed by atoms with Crippen molar-refractivity contribution in [1.29, 1.82) is 0 Å². The highest BCUT2D eigenvalue weighted by molar-refractivity contribution is 7.09. The third-order valence-electron chi connectivity index (χ3n) is 3.07. The van der Waals surface area contributed by atoms with Crippen LogP contribution < -0.4 is 11.1 Å². The van der Waals surface area contributed by atoms with E-state index in [1.165, 1.54) is 5.01 Å². The molecule has 0 aliphatic carbocycles. The average Bonchev–Trinajstić information content (AvgIpc) is 2.70. The van der Waals surface area contributed by atoms with Gasteiger partial charge in [0, 0.05) is 36.1 Å². The number of nitrogens with zero attached hydrogens (tertiary/aromatic N) is 1. The molecule has 0 amide bonds. The van der Waals surface area contributed by atoms with Gasteiger partial charge in [-0.3, -0.25) is 0 Å². The predicted octanol–water partition coefficient (Wildman–Crippen LogP) is 2.10. The fourth-order valence-electron chi connectivity index (χ4n) is 1.55. The molecular formula is C12H23N3S. The number of thiazole rings is 1. The van der Waals surface area contributed by atoms with E-state index in [1.807, 2.05) is 6.92 Å². The minimum absolute atomic E-state index is 0.0429. The molecule has 0 saturated heterocycles. The normalized spacial score (nSPS) is 12.0. The maximum atomic E-state index is 6.20. The monoisotopic (exact) mass is 241 g/mol. The molecule has 0 aliphatic rings. The van der Waals surface area contributed by atoms with Crippen LogP contribution >= 0.6 is 11.3 Å². The van der Waals surface area contributed by atoms with Gasteiger partial charge in [0.25, 0.3) is 0 Å². The Bertz CT molecular complexity index is 305. The Balaban J connectivity index is 2.21. The van der Waals surface area contributed by atoms with Gasteiger partial charge in [0.2, 0.25) is 0 Å². The quantitative estimate of drug-likeness (QED) is 0.719. The molecule has 4 heteroatoms. The maximum Gasteiger partial charge on any atom is 0.0940 e. The van der Waals surface area contributed by atoms with Crippen LogP contribution in [-0.4, -0.2) is 23.6 Å². The van der Waals surface area contributed by atoms with Crippen molar-refractivity contribution in [2.45, 2.75) is 45.6 Å². The first-order valence-corrected chi connectivity index (χ1v) is 6.88. The number of hydrogen-bond donors (Lipinski definition) is 2. The van der Waals surface area contributed by atoms with Crippen LogP contribution in [0.2, 0.25) is 0 Å². The molecule has 3 nitrogen and oxygen atoms in total. The van der Waals surface area contributed by atoms with Gasteiger partial charge in [-0.15, -0.1) is 11.3 Å². The first-order valence-electron chi connectivity index (χ1n) is 6.00. The second-order valence-corrected chi connectivity index (χ2v) is 5.32. The van der Waals surface area contributed by atoms with Crippen LogP contribution in [-0.2, 0) is 6.42 Å². The predicted molar refractivity (Wildman–Crippen MR) is 70.9 cm³/mol. The van der Waals surface area contributed by atoms with E-state index in [2.05, 4.69) is 29.5 Å². The summed E-state index contributed by atoms with van der Waals surface area (Å²) in [6.45, 7) is 8.19. The minimum Gasteiger partial charge on any atom is -0.324 e. The van der Waals surface area contributed by atoms with Gasteiger partial charge in [-0.2, -0.15) is 0 Å². The number of rotatable bonds is 7. The summed E-state index contributed by atoms with van der Waals surface area (Å²) < 4.78 is 0. The summed E-state index contributed by atoms with van der Waals surface area (Å²) in [5, 5.41) is 6.73. The van der Waals surface area contributed by atoms with Crippen molar-refractivity contribution in [2.75, 3.05) is 13.1 Å². The SMILES string of the molecule is CCC(N)(CC)CNCCc1nc(C)cs1. The van der Waals surface area contributed by atoms with Crippen LogP contribution in [0.3, 0.4) is 0 Å². The highest BCUT2D eigenvalue weighted by Crippen LogP contribution is 2.10. The molecule has 1 heterocycles. The Hall–Kier alpha value is -0.450. The van der Waals surface area contributed by atoms with E-state index in [0.717, 1.165) is 38.0 Å². The number of aryl methyl sites for hydroxylation is 1. The standard InChI is InChI=1S/C12H23N3S/c1-4-12(13,5-2)9-14-7-6-11-15-10(3)8-16-11/h8,14H,4-7,9,13H2,1-3H3. The fourth-order valence-corrected chi connectivity index (χ4v) is 2.33. The number of nitrogens with two attached hydrogens (primary N) is 1. The Morgan fingerprint density at radius 1 is 1.44 bits per heavy atom. The van der Waals surface area contributed by atoms with E-state index < -0.39 is 0 Å². The Morgan fingerprint density at radius 3 is 2.62 bits per heavy atom. The van der Waals surface area contributed by atoms with E-state index in [9.17, 15) is 0 Å². The van der Waals surface area contributed by atoms with E-state index in [-0.39, 0.29) is 5.54 Å². The summed E-state index contributed by atoms with van der Waals surface area (Å²) in [4.78, 5) is 4.43. The third-order valence-corrected chi connectivity index (χ3v) is 4.09. The highest BCUT2D eigenvalue weighted by Gasteiger charge is 2.18. The molecule has 0 atom stereocenters. The van der Waals surface area contributed by atoms with Crippen LogP contribution in [0.25, 0.3) is 0 Å². The van der Waals surface area contributed by atoms with Crippen molar-refractivity contribution >= 4 is 11.3 Å². The second kappa shape index (κ2) is 6.33. The van der Waals surface area contributed by atoms with Crippen molar-refractivity contribution < 1.29 is 0 Å². The zero-order valence-corrected chi connectivity index (χ0v) is 11.4. The Morgan fingerprint density at radius 2 is 2.12 bits per heavy atom. The van der Waals surface area contributed by atoms with E-state index in [1.54, 1.807) is 11.3 Å². The Kier molecular flexibility index (Phi) is 5.38. The van der Waals surface area contributed by atoms with Crippen LogP contribution in [0.15, 0.2) is 5.38 Å².